The summed E-state index contributed by atoms with van der Waals surface area (Å²) in [5.74, 6) is 0.871. The number of hydrogen-bond acceptors (Lipinski definition) is 5. The van der Waals surface area contributed by atoms with Gasteiger partial charge in [-0.2, -0.15) is 4.37 Å². The van der Waals surface area contributed by atoms with Crippen molar-refractivity contribution in [3.63, 3.8) is 0 Å². The topological polar surface area (TPSA) is 32.3 Å². The minimum Gasteiger partial charge on any atom is -0.368 e. The molecule has 1 fully saturated rings. The van der Waals surface area contributed by atoms with Crippen LogP contribution in [0.25, 0.3) is 0 Å². The molecular formula is C13H15BrN4S. The van der Waals surface area contributed by atoms with Crippen molar-refractivity contribution in [1.82, 2.24) is 9.36 Å². The van der Waals surface area contributed by atoms with E-state index in [1.165, 1.54) is 17.2 Å². The number of hydrogen-bond donors (Lipinski definition) is 0. The van der Waals surface area contributed by atoms with E-state index in [-0.39, 0.29) is 0 Å². The lowest BCUT2D eigenvalue weighted by Crippen LogP contribution is -2.46. The van der Waals surface area contributed by atoms with Crippen molar-refractivity contribution >= 4 is 38.3 Å². The van der Waals surface area contributed by atoms with Crippen LogP contribution in [0.15, 0.2) is 28.7 Å². The molecule has 1 aliphatic rings. The summed E-state index contributed by atoms with van der Waals surface area (Å²) in [6, 6.07) is 8.51. The van der Waals surface area contributed by atoms with Crippen LogP contribution in [0.1, 0.15) is 5.82 Å². The Bertz CT molecular complexity index is 546. The van der Waals surface area contributed by atoms with Crippen LogP contribution in [0.4, 0.5) is 10.8 Å². The average molecular weight is 339 g/mol. The van der Waals surface area contributed by atoms with Gasteiger partial charge in [0.2, 0.25) is 5.13 Å². The van der Waals surface area contributed by atoms with E-state index in [9.17, 15) is 0 Å². The second kappa shape index (κ2) is 5.46. The SMILES string of the molecule is Cc1nsc(N2CCN(c3ccc(Br)cc3)CC2)n1. The molecule has 1 aromatic heterocycles. The largest absolute Gasteiger partial charge is 0.368 e. The molecule has 0 radical (unpaired) electrons. The molecule has 4 nitrogen and oxygen atoms in total. The maximum absolute atomic E-state index is 4.45. The average Bonchev–Trinajstić information content (AvgIpc) is 2.87. The van der Waals surface area contributed by atoms with E-state index in [0.29, 0.717) is 0 Å². The molecule has 3 rings (SSSR count). The number of rotatable bonds is 2. The first kappa shape index (κ1) is 12.9. The van der Waals surface area contributed by atoms with Crippen molar-refractivity contribution in [2.24, 2.45) is 0 Å². The minimum atomic E-state index is 0.871. The van der Waals surface area contributed by atoms with Crippen LogP contribution in [0.2, 0.25) is 0 Å². The molecule has 100 valence electrons. The first-order valence-electron chi connectivity index (χ1n) is 6.28. The number of halogens is 1. The van der Waals surface area contributed by atoms with Gasteiger partial charge >= 0.3 is 0 Å². The normalized spacial score (nSPS) is 15.9. The van der Waals surface area contributed by atoms with E-state index in [1.54, 1.807) is 0 Å². The number of anilines is 2. The number of nitrogens with zero attached hydrogens (tertiary/aromatic N) is 4. The summed E-state index contributed by atoms with van der Waals surface area (Å²) < 4.78 is 5.37. The molecule has 1 saturated heterocycles. The maximum atomic E-state index is 4.45. The quantitative estimate of drug-likeness (QED) is 0.842. The fraction of sp³-hybridized carbons (Fsp3) is 0.385. The molecule has 0 saturated carbocycles. The molecule has 0 spiro atoms. The summed E-state index contributed by atoms with van der Waals surface area (Å²) in [7, 11) is 0. The molecular weight excluding hydrogens is 324 g/mol. The Morgan fingerprint density at radius 2 is 1.68 bits per heavy atom. The number of benzene rings is 1. The molecule has 2 aromatic rings. The highest BCUT2D eigenvalue weighted by Gasteiger charge is 2.19. The lowest BCUT2D eigenvalue weighted by molar-refractivity contribution is 0.651. The lowest BCUT2D eigenvalue weighted by atomic mass is 10.2. The Morgan fingerprint density at radius 1 is 1.05 bits per heavy atom. The third kappa shape index (κ3) is 2.90. The fourth-order valence-electron chi connectivity index (χ4n) is 2.22. The minimum absolute atomic E-state index is 0.871. The van der Waals surface area contributed by atoms with Gasteiger partial charge in [0, 0.05) is 47.9 Å². The van der Waals surface area contributed by atoms with Crippen LogP contribution >= 0.6 is 27.5 Å². The van der Waals surface area contributed by atoms with Gasteiger partial charge < -0.3 is 9.80 Å². The Balaban J connectivity index is 1.64. The predicted molar refractivity (Wildman–Crippen MR) is 83.2 cm³/mol. The van der Waals surface area contributed by atoms with Crippen molar-refractivity contribution < 1.29 is 0 Å². The van der Waals surface area contributed by atoms with Crippen molar-refractivity contribution in [2.75, 3.05) is 36.0 Å². The van der Waals surface area contributed by atoms with Crippen molar-refractivity contribution in [3.05, 3.63) is 34.6 Å². The predicted octanol–water partition coefficient (Wildman–Crippen LogP) is 2.94. The smallest absolute Gasteiger partial charge is 0.205 e. The van der Waals surface area contributed by atoms with Crippen LogP contribution in [0.3, 0.4) is 0 Å². The highest BCUT2D eigenvalue weighted by atomic mass is 79.9. The second-order valence-corrected chi connectivity index (χ2v) is 6.22. The summed E-state index contributed by atoms with van der Waals surface area (Å²) in [4.78, 5) is 9.19. The van der Waals surface area contributed by atoms with Crippen LogP contribution in [0.5, 0.6) is 0 Å². The molecule has 1 aromatic carbocycles. The van der Waals surface area contributed by atoms with Gasteiger partial charge in [-0.3, -0.25) is 0 Å². The number of aryl methyl sites for hydroxylation is 1. The van der Waals surface area contributed by atoms with Crippen molar-refractivity contribution in [3.8, 4) is 0 Å². The van der Waals surface area contributed by atoms with E-state index < -0.39 is 0 Å². The molecule has 0 atom stereocenters. The van der Waals surface area contributed by atoms with E-state index in [1.807, 2.05) is 6.92 Å². The molecule has 0 aliphatic carbocycles. The maximum Gasteiger partial charge on any atom is 0.205 e. The van der Waals surface area contributed by atoms with Gasteiger partial charge in [0.15, 0.2) is 0 Å². The number of piperazine rings is 1. The van der Waals surface area contributed by atoms with E-state index in [4.69, 9.17) is 0 Å². The first-order chi connectivity index (χ1) is 9.22. The molecule has 0 bridgehead atoms. The summed E-state index contributed by atoms with van der Waals surface area (Å²) in [5, 5.41) is 1.05. The van der Waals surface area contributed by atoms with Crippen molar-refractivity contribution in [2.45, 2.75) is 6.92 Å². The summed E-state index contributed by atoms with van der Waals surface area (Å²) in [6.07, 6.45) is 0. The molecule has 0 unspecified atom stereocenters. The third-order valence-electron chi connectivity index (χ3n) is 3.26. The van der Waals surface area contributed by atoms with E-state index in [0.717, 1.165) is 41.6 Å². The van der Waals surface area contributed by atoms with E-state index >= 15 is 0 Å². The van der Waals surface area contributed by atoms with Crippen molar-refractivity contribution in [1.29, 1.82) is 0 Å². The Morgan fingerprint density at radius 3 is 2.26 bits per heavy atom. The Kier molecular flexibility index (Phi) is 3.70. The second-order valence-electron chi connectivity index (χ2n) is 4.57. The molecule has 2 heterocycles. The molecule has 1 aliphatic heterocycles. The van der Waals surface area contributed by atoms with Crippen LogP contribution < -0.4 is 9.80 Å². The molecule has 0 amide bonds. The highest BCUT2D eigenvalue weighted by molar-refractivity contribution is 9.10. The molecule has 0 N–H and O–H groups in total. The van der Waals surface area contributed by atoms with Gasteiger partial charge in [0.1, 0.15) is 5.82 Å². The first-order valence-corrected chi connectivity index (χ1v) is 7.85. The lowest BCUT2D eigenvalue weighted by Gasteiger charge is -2.35. The Labute approximate surface area is 125 Å². The van der Waals surface area contributed by atoms with E-state index in [2.05, 4.69) is 59.4 Å². The van der Waals surface area contributed by atoms with Gasteiger partial charge in [-0.15, -0.1) is 0 Å². The zero-order valence-corrected chi connectivity index (χ0v) is 13.1. The van der Waals surface area contributed by atoms with Crippen LogP contribution in [-0.2, 0) is 0 Å². The third-order valence-corrected chi connectivity index (χ3v) is 4.66. The monoisotopic (exact) mass is 338 g/mol. The van der Waals surface area contributed by atoms with Gasteiger partial charge in [-0.05, 0) is 31.2 Å². The van der Waals surface area contributed by atoms with Crippen LogP contribution in [0, 0.1) is 6.92 Å². The zero-order chi connectivity index (χ0) is 13.2. The molecule has 6 heteroatoms. The number of aromatic nitrogens is 2. The molecule has 19 heavy (non-hydrogen) atoms. The van der Waals surface area contributed by atoms with Gasteiger partial charge in [0.25, 0.3) is 0 Å². The fourth-order valence-corrected chi connectivity index (χ4v) is 3.21. The summed E-state index contributed by atoms with van der Waals surface area (Å²) >= 11 is 4.97. The summed E-state index contributed by atoms with van der Waals surface area (Å²) in [5.41, 5.74) is 1.29. The zero-order valence-electron chi connectivity index (χ0n) is 10.7. The standard InChI is InChI=1S/C13H15BrN4S/c1-10-15-13(19-16-10)18-8-6-17(7-9-18)12-4-2-11(14)3-5-12/h2-5H,6-9H2,1H3. The summed E-state index contributed by atoms with van der Waals surface area (Å²) in [6.45, 7) is 6.01. The van der Waals surface area contributed by atoms with Gasteiger partial charge in [-0.1, -0.05) is 15.9 Å². The van der Waals surface area contributed by atoms with Gasteiger partial charge in [0.05, 0.1) is 0 Å². The van der Waals surface area contributed by atoms with Gasteiger partial charge in [-0.25, -0.2) is 4.98 Å². The Hall–Kier alpha value is -1.14. The van der Waals surface area contributed by atoms with Crippen LogP contribution in [-0.4, -0.2) is 35.5 Å². The highest BCUT2D eigenvalue weighted by Crippen LogP contribution is 2.23.